The maximum absolute atomic E-state index is 13.4. The lowest BCUT2D eigenvalue weighted by Gasteiger charge is -2.13. The van der Waals surface area contributed by atoms with Crippen LogP contribution in [0.3, 0.4) is 0 Å². The fraction of sp³-hybridized carbons (Fsp3) is 0.273. The summed E-state index contributed by atoms with van der Waals surface area (Å²) in [6.07, 6.45) is 0.590. The van der Waals surface area contributed by atoms with Gasteiger partial charge in [0.2, 0.25) is 0 Å². The van der Waals surface area contributed by atoms with Crippen molar-refractivity contribution in [3.63, 3.8) is 0 Å². The third kappa shape index (κ3) is 2.90. The van der Waals surface area contributed by atoms with Crippen molar-refractivity contribution in [1.29, 1.82) is 0 Å². The van der Waals surface area contributed by atoms with E-state index in [9.17, 15) is 17.6 Å². The number of rotatable bonds is 2. The van der Waals surface area contributed by atoms with Crippen LogP contribution < -0.4 is 4.72 Å². The van der Waals surface area contributed by atoms with E-state index >= 15 is 0 Å². The molecule has 102 valence electrons. The van der Waals surface area contributed by atoms with Crippen LogP contribution >= 0.6 is 0 Å². The van der Waals surface area contributed by atoms with Crippen molar-refractivity contribution in [2.75, 3.05) is 6.54 Å². The molecule has 8 heteroatoms. The number of amides is 2. The lowest BCUT2D eigenvalue weighted by atomic mass is 10.3. The summed E-state index contributed by atoms with van der Waals surface area (Å²) in [5.41, 5.74) is 0.735. The van der Waals surface area contributed by atoms with Gasteiger partial charge in [0.15, 0.2) is 0 Å². The molecule has 19 heavy (non-hydrogen) atoms. The van der Waals surface area contributed by atoms with Crippen LogP contribution in [-0.4, -0.2) is 31.7 Å². The second-order valence-electron chi connectivity index (χ2n) is 4.05. The van der Waals surface area contributed by atoms with Gasteiger partial charge in [0.1, 0.15) is 10.7 Å². The number of sulfonamides is 1. The summed E-state index contributed by atoms with van der Waals surface area (Å²) in [7, 11) is -4.23. The molecule has 2 amide bonds. The van der Waals surface area contributed by atoms with Gasteiger partial charge in [-0.05, 0) is 19.1 Å². The predicted octanol–water partition coefficient (Wildman–Crippen LogP) is 1.31. The fourth-order valence-electron chi connectivity index (χ4n) is 1.61. The summed E-state index contributed by atoms with van der Waals surface area (Å²) in [4.78, 5) is 11.1. The first-order valence-corrected chi connectivity index (χ1v) is 7.01. The molecule has 0 radical (unpaired) electrons. The van der Waals surface area contributed by atoms with Crippen molar-refractivity contribution in [3.05, 3.63) is 30.1 Å². The molecule has 1 aliphatic heterocycles. The molecule has 0 unspecified atom stereocenters. The van der Waals surface area contributed by atoms with Gasteiger partial charge < -0.3 is 0 Å². The van der Waals surface area contributed by atoms with Crippen molar-refractivity contribution < 1.29 is 17.6 Å². The normalized spacial score (nSPS) is 15.3. The SMILES string of the molecule is CC1=NN(C(=O)NS(=O)(=O)c2ccccc2F)CC1. The number of nitrogens with one attached hydrogen (secondary N) is 1. The maximum atomic E-state index is 13.4. The molecule has 0 saturated heterocycles. The largest absolute Gasteiger partial charge is 0.351 e. The van der Waals surface area contributed by atoms with E-state index in [1.165, 1.54) is 12.1 Å². The van der Waals surface area contributed by atoms with E-state index in [1.54, 1.807) is 11.6 Å². The molecule has 0 aromatic heterocycles. The van der Waals surface area contributed by atoms with Gasteiger partial charge >= 0.3 is 6.03 Å². The number of nitrogens with zero attached hydrogens (tertiary/aromatic N) is 2. The number of hydrazone groups is 1. The van der Waals surface area contributed by atoms with Gasteiger partial charge in [-0.15, -0.1) is 0 Å². The average Bonchev–Trinajstić information content (AvgIpc) is 2.76. The van der Waals surface area contributed by atoms with Gasteiger partial charge in [0, 0.05) is 12.1 Å². The standard InChI is InChI=1S/C11H12FN3O3S/c1-8-6-7-15(13-8)11(16)14-19(17,18)10-5-3-2-4-9(10)12/h2-5H,6-7H2,1H3,(H,14,16). The van der Waals surface area contributed by atoms with Crippen LogP contribution in [0, 0.1) is 5.82 Å². The van der Waals surface area contributed by atoms with Crippen LogP contribution in [0.1, 0.15) is 13.3 Å². The van der Waals surface area contributed by atoms with Crippen LogP contribution in [0.4, 0.5) is 9.18 Å². The lowest BCUT2D eigenvalue weighted by molar-refractivity contribution is 0.211. The zero-order valence-electron chi connectivity index (χ0n) is 10.1. The van der Waals surface area contributed by atoms with Crippen molar-refractivity contribution in [2.45, 2.75) is 18.2 Å². The number of benzene rings is 1. The summed E-state index contributed by atoms with van der Waals surface area (Å²) >= 11 is 0. The first-order chi connectivity index (χ1) is 8.90. The van der Waals surface area contributed by atoms with E-state index in [0.29, 0.717) is 13.0 Å². The monoisotopic (exact) mass is 285 g/mol. The molecule has 0 aliphatic carbocycles. The van der Waals surface area contributed by atoms with E-state index in [0.717, 1.165) is 22.9 Å². The van der Waals surface area contributed by atoms with Crippen LogP contribution in [-0.2, 0) is 10.0 Å². The van der Waals surface area contributed by atoms with Gasteiger partial charge in [-0.25, -0.2) is 27.3 Å². The zero-order valence-corrected chi connectivity index (χ0v) is 10.9. The minimum atomic E-state index is -4.23. The number of carbonyl (C=O) groups excluding carboxylic acids is 1. The third-order valence-corrected chi connectivity index (χ3v) is 3.91. The summed E-state index contributed by atoms with van der Waals surface area (Å²) in [6.45, 7) is 2.04. The first-order valence-electron chi connectivity index (χ1n) is 5.53. The molecule has 0 bridgehead atoms. The molecule has 0 fully saturated rings. The highest BCUT2D eigenvalue weighted by molar-refractivity contribution is 7.90. The molecule has 6 nitrogen and oxygen atoms in total. The smallest absolute Gasteiger partial charge is 0.246 e. The second-order valence-corrected chi connectivity index (χ2v) is 5.70. The highest BCUT2D eigenvalue weighted by Gasteiger charge is 2.26. The topological polar surface area (TPSA) is 78.8 Å². The first kappa shape index (κ1) is 13.5. The van der Waals surface area contributed by atoms with E-state index in [-0.39, 0.29) is 0 Å². The zero-order chi connectivity index (χ0) is 14.0. The Morgan fingerprint density at radius 2 is 2.11 bits per heavy atom. The Morgan fingerprint density at radius 1 is 1.42 bits per heavy atom. The Kier molecular flexibility index (Phi) is 3.52. The van der Waals surface area contributed by atoms with Crippen molar-refractivity contribution in [1.82, 2.24) is 9.73 Å². The van der Waals surface area contributed by atoms with Crippen molar-refractivity contribution in [3.8, 4) is 0 Å². The van der Waals surface area contributed by atoms with Crippen LogP contribution in [0.2, 0.25) is 0 Å². The lowest BCUT2D eigenvalue weighted by Crippen LogP contribution is -2.39. The highest BCUT2D eigenvalue weighted by Crippen LogP contribution is 2.14. The molecular weight excluding hydrogens is 273 g/mol. The van der Waals surface area contributed by atoms with E-state index in [2.05, 4.69) is 5.10 Å². The molecule has 1 aliphatic rings. The van der Waals surface area contributed by atoms with E-state index in [4.69, 9.17) is 0 Å². The van der Waals surface area contributed by atoms with Crippen LogP contribution in [0.5, 0.6) is 0 Å². The molecular formula is C11H12FN3O3S. The Morgan fingerprint density at radius 3 is 2.68 bits per heavy atom. The Balaban J connectivity index is 2.19. The van der Waals surface area contributed by atoms with Crippen molar-refractivity contribution >= 4 is 21.8 Å². The molecule has 1 N–H and O–H groups in total. The van der Waals surface area contributed by atoms with Gasteiger partial charge in [0.25, 0.3) is 10.0 Å². The summed E-state index contributed by atoms with van der Waals surface area (Å²) < 4.78 is 38.9. The number of urea groups is 1. The Labute approximate surface area is 110 Å². The minimum absolute atomic E-state index is 0.310. The van der Waals surface area contributed by atoms with Gasteiger partial charge in [-0.3, -0.25) is 0 Å². The molecule has 1 aromatic carbocycles. The molecule has 1 aromatic rings. The summed E-state index contributed by atoms with van der Waals surface area (Å²) in [6, 6.07) is 3.95. The van der Waals surface area contributed by atoms with E-state index < -0.39 is 26.8 Å². The predicted molar refractivity (Wildman–Crippen MR) is 66.5 cm³/mol. The van der Waals surface area contributed by atoms with Gasteiger partial charge in [-0.1, -0.05) is 12.1 Å². The number of carbonyl (C=O) groups is 1. The van der Waals surface area contributed by atoms with Crippen molar-refractivity contribution in [2.24, 2.45) is 5.10 Å². The van der Waals surface area contributed by atoms with E-state index in [1.807, 2.05) is 0 Å². The minimum Gasteiger partial charge on any atom is -0.246 e. The summed E-state index contributed by atoms with van der Waals surface area (Å²) in [5, 5.41) is 4.88. The number of halogens is 1. The van der Waals surface area contributed by atoms with Gasteiger partial charge in [0.05, 0.1) is 6.54 Å². The molecule has 0 saturated carbocycles. The molecule has 1 heterocycles. The molecule has 0 atom stereocenters. The fourth-order valence-corrected chi connectivity index (χ4v) is 2.63. The third-order valence-electron chi connectivity index (χ3n) is 2.56. The Hall–Kier alpha value is -1.96. The highest BCUT2D eigenvalue weighted by atomic mass is 32.2. The Bertz CT molecular complexity index is 642. The summed E-state index contributed by atoms with van der Waals surface area (Å²) in [5.74, 6) is -0.913. The maximum Gasteiger partial charge on any atom is 0.351 e. The number of hydrogen-bond donors (Lipinski definition) is 1. The van der Waals surface area contributed by atoms with Crippen LogP contribution in [0.25, 0.3) is 0 Å². The molecule has 0 spiro atoms. The van der Waals surface area contributed by atoms with Crippen LogP contribution in [0.15, 0.2) is 34.3 Å². The quantitative estimate of drug-likeness (QED) is 0.889. The second kappa shape index (κ2) is 4.96. The number of hydrogen-bond acceptors (Lipinski definition) is 4. The average molecular weight is 285 g/mol. The molecule has 2 rings (SSSR count). The van der Waals surface area contributed by atoms with Gasteiger partial charge in [-0.2, -0.15) is 5.10 Å².